The summed E-state index contributed by atoms with van der Waals surface area (Å²) >= 11 is 0. The summed E-state index contributed by atoms with van der Waals surface area (Å²) in [6, 6.07) is 4.95. The summed E-state index contributed by atoms with van der Waals surface area (Å²) in [6.07, 6.45) is 1.29. The van der Waals surface area contributed by atoms with Crippen molar-refractivity contribution in [2.24, 2.45) is 5.92 Å². The van der Waals surface area contributed by atoms with Gasteiger partial charge < -0.3 is 10.1 Å². The number of non-ortho nitro benzene ring substituents is 1. The van der Waals surface area contributed by atoms with E-state index in [1.165, 1.54) is 24.3 Å². The quantitative estimate of drug-likeness (QED) is 0.387. The van der Waals surface area contributed by atoms with Gasteiger partial charge in [0.15, 0.2) is 0 Å². The molecular formula is C13H14N2O5. The highest BCUT2D eigenvalue weighted by molar-refractivity contribution is 5.97. The Bertz CT molecular complexity index is 520. The number of carbonyl (C=O) groups is 2. The SMILES string of the molecule is O=C(OC(=O)C1CCNCC1)c1ccc([N+](=O)[O-])cc1. The van der Waals surface area contributed by atoms with Crippen LogP contribution in [0.4, 0.5) is 5.69 Å². The van der Waals surface area contributed by atoms with Crippen LogP contribution in [0.15, 0.2) is 24.3 Å². The van der Waals surface area contributed by atoms with E-state index in [1.807, 2.05) is 0 Å². The maximum absolute atomic E-state index is 11.8. The number of carbonyl (C=O) groups excluding carboxylic acids is 2. The highest BCUT2D eigenvalue weighted by atomic mass is 16.6. The molecule has 0 atom stereocenters. The fourth-order valence-electron chi connectivity index (χ4n) is 2.01. The minimum Gasteiger partial charge on any atom is -0.389 e. The highest BCUT2D eigenvalue weighted by Gasteiger charge is 2.25. The highest BCUT2D eigenvalue weighted by Crippen LogP contribution is 2.16. The molecule has 0 aromatic heterocycles. The maximum Gasteiger partial charge on any atom is 0.345 e. The van der Waals surface area contributed by atoms with Gasteiger partial charge in [-0.3, -0.25) is 14.9 Å². The zero-order valence-electron chi connectivity index (χ0n) is 10.7. The Labute approximate surface area is 115 Å². The largest absolute Gasteiger partial charge is 0.389 e. The molecule has 0 bridgehead atoms. The summed E-state index contributed by atoms with van der Waals surface area (Å²) in [6.45, 7) is 1.46. The molecule has 1 aromatic carbocycles. The van der Waals surface area contributed by atoms with E-state index in [2.05, 4.69) is 5.32 Å². The van der Waals surface area contributed by atoms with Gasteiger partial charge in [-0.25, -0.2) is 4.79 Å². The molecule has 20 heavy (non-hydrogen) atoms. The van der Waals surface area contributed by atoms with E-state index in [-0.39, 0.29) is 17.2 Å². The van der Waals surface area contributed by atoms with Crippen molar-refractivity contribution in [3.05, 3.63) is 39.9 Å². The molecule has 1 aliphatic rings. The molecule has 0 radical (unpaired) electrons. The summed E-state index contributed by atoms with van der Waals surface area (Å²) in [5, 5.41) is 13.6. The van der Waals surface area contributed by atoms with Gasteiger partial charge in [0.1, 0.15) is 0 Å². The molecule has 1 heterocycles. The van der Waals surface area contributed by atoms with Crippen molar-refractivity contribution in [2.75, 3.05) is 13.1 Å². The van der Waals surface area contributed by atoms with E-state index >= 15 is 0 Å². The second-order valence-corrected chi connectivity index (χ2v) is 4.54. The Morgan fingerprint density at radius 2 is 1.80 bits per heavy atom. The number of nitro groups is 1. The number of ether oxygens (including phenoxy) is 1. The van der Waals surface area contributed by atoms with Crippen LogP contribution in [0.25, 0.3) is 0 Å². The van der Waals surface area contributed by atoms with E-state index in [0.29, 0.717) is 12.8 Å². The van der Waals surface area contributed by atoms with Crippen LogP contribution in [-0.2, 0) is 9.53 Å². The van der Waals surface area contributed by atoms with Crippen molar-refractivity contribution < 1.29 is 19.2 Å². The molecule has 0 saturated carbocycles. The monoisotopic (exact) mass is 278 g/mol. The second kappa shape index (κ2) is 6.25. The number of nitro benzene ring substituents is 1. The van der Waals surface area contributed by atoms with Crippen LogP contribution < -0.4 is 5.32 Å². The third-order valence-electron chi connectivity index (χ3n) is 3.18. The standard InChI is InChI=1S/C13H14N2O5/c16-12(9-1-3-11(4-2-9)15(18)19)20-13(17)10-5-7-14-8-6-10/h1-4,10,14H,5-8H2. The predicted octanol–water partition coefficient (Wildman–Crippen LogP) is 1.28. The van der Waals surface area contributed by atoms with Crippen LogP contribution in [-0.4, -0.2) is 30.0 Å². The molecule has 1 saturated heterocycles. The Kier molecular flexibility index (Phi) is 4.41. The lowest BCUT2D eigenvalue weighted by Gasteiger charge is -2.20. The lowest BCUT2D eigenvalue weighted by molar-refractivity contribution is -0.384. The number of esters is 2. The molecule has 7 nitrogen and oxygen atoms in total. The number of benzene rings is 1. The van der Waals surface area contributed by atoms with E-state index in [1.54, 1.807) is 0 Å². The molecule has 1 aliphatic heterocycles. The first-order chi connectivity index (χ1) is 9.58. The van der Waals surface area contributed by atoms with Crippen molar-refractivity contribution in [3.63, 3.8) is 0 Å². The molecule has 0 amide bonds. The average Bonchev–Trinajstić information content (AvgIpc) is 2.48. The van der Waals surface area contributed by atoms with Crippen molar-refractivity contribution in [3.8, 4) is 0 Å². The molecule has 7 heteroatoms. The molecule has 2 rings (SSSR count). The Morgan fingerprint density at radius 1 is 1.20 bits per heavy atom. The van der Waals surface area contributed by atoms with Crippen LogP contribution in [0.5, 0.6) is 0 Å². The molecule has 1 N–H and O–H groups in total. The van der Waals surface area contributed by atoms with E-state index < -0.39 is 16.9 Å². The van der Waals surface area contributed by atoms with Crippen LogP contribution in [0.2, 0.25) is 0 Å². The number of nitrogens with zero attached hydrogens (tertiary/aromatic N) is 1. The zero-order valence-corrected chi connectivity index (χ0v) is 10.7. The van der Waals surface area contributed by atoms with Crippen molar-refractivity contribution in [1.29, 1.82) is 0 Å². The number of nitrogens with one attached hydrogen (secondary N) is 1. The number of hydrogen-bond donors (Lipinski definition) is 1. The first-order valence-corrected chi connectivity index (χ1v) is 6.29. The zero-order chi connectivity index (χ0) is 14.5. The fraction of sp³-hybridized carbons (Fsp3) is 0.385. The topological polar surface area (TPSA) is 98.5 Å². The normalized spacial score (nSPS) is 15.6. The van der Waals surface area contributed by atoms with E-state index in [0.717, 1.165) is 13.1 Å². The lowest BCUT2D eigenvalue weighted by Crippen LogP contribution is -2.33. The molecule has 0 spiro atoms. The third-order valence-corrected chi connectivity index (χ3v) is 3.18. The first-order valence-electron chi connectivity index (χ1n) is 6.29. The minimum atomic E-state index is -0.775. The molecule has 0 aliphatic carbocycles. The number of hydrogen-bond acceptors (Lipinski definition) is 6. The third kappa shape index (κ3) is 3.39. The van der Waals surface area contributed by atoms with Gasteiger partial charge in [0, 0.05) is 12.1 Å². The van der Waals surface area contributed by atoms with E-state index in [9.17, 15) is 19.7 Å². The molecule has 1 fully saturated rings. The van der Waals surface area contributed by atoms with Crippen LogP contribution in [0.1, 0.15) is 23.2 Å². The first kappa shape index (κ1) is 14.1. The van der Waals surface area contributed by atoms with Crippen molar-refractivity contribution in [2.45, 2.75) is 12.8 Å². The van der Waals surface area contributed by atoms with Gasteiger partial charge in [-0.1, -0.05) is 0 Å². The van der Waals surface area contributed by atoms with Gasteiger partial charge in [-0.2, -0.15) is 0 Å². The van der Waals surface area contributed by atoms with Crippen LogP contribution >= 0.6 is 0 Å². The number of piperidine rings is 1. The Morgan fingerprint density at radius 3 is 2.35 bits per heavy atom. The summed E-state index contributed by atoms with van der Waals surface area (Å²) in [7, 11) is 0. The van der Waals surface area contributed by atoms with Crippen LogP contribution in [0, 0.1) is 16.0 Å². The predicted molar refractivity (Wildman–Crippen MR) is 69.1 cm³/mol. The molecular weight excluding hydrogens is 264 g/mol. The van der Waals surface area contributed by atoms with Gasteiger partial charge in [0.05, 0.1) is 16.4 Å². The smallest absolute Gasteiger partial charge is 0.345 e. The number of rotatable bonds is 3. The molecule has 0 unspecified atom stereocenters. The fourth-order valence-corrected chi connectivity index (χ4v) is 2.01. The second-order valence-electron chi connectivity index (χ2n) is 4.54. The van der Waals surface area contributed by atoms with Crippen molar-refractivity contribution in [1.82, 2.24) is 5.32 Å². The van der Waals surface area contributed by atoms with E-state index in [4.69, 9.17) is 4.74 Å². The summed E-state index contributed by atoms with van der Waals surface area (Å²) in [4.78, 5) is 33.5. The van der Waals surface area contributed by atoms with Gasteiger partial charge in [-0.05, 0) is 38.1 Å². The van der Waals surface area contributed by atoms with Gasteiger partial charge >= 0.3 is 11.9 Å². The van der Waals surface area contributed by atoms with Gasteiger partial charge in [0.25, 0.3) is 5.69 Å². The average molecular weight is 278 g/mol. The maximum atomic E-state index is 11.8. The van der Waals surface area contributed by atoms with Crippen LogP contribution in [0.3, 0.4) is 0 Å². The van der Waals surface area contributed by atoms with Gasteiger partial charge in [-0.15, -0.1) is 0 Å². The summed E-state index contributed by atoms with van der Waals surface area (Å²) in [5.41, 5.74) is 0.00381. The molecule has 1 aromatic rings. The van der Waals surface area contributed by atoms with Crippen molar-refractivity contribution >= 4 is 17.6 Å². The Hall–Kier alpha value is -2.28. The summed E-state index contributed by atoms with van der Waals surface area (Å²) in [5.74, 6) is -1.57. The van der Waals surface area contributed by atoms with Gasteiger partial charge in [0.2, 0.25) is 0 Å². The minimum absolute atomic E-state index is 0.119. The molecule has 106 valence electrons. The summed E-state index contributed by atoms with van der Waals surface area (Å²) < 4.78 is 4.80. The lowest BCUT2D eigenvalue weighted by atomic mass is 9.98. The Balaban J connectivity index is 1.96.